The number of aryl methyl sites for hydroxylation is 2. The Hall–Kier alpha value is -2.90. The first kappa shape index (κ1) is 24.2. The second-order valence-electron chi connectivity index (χ2n) is 9.40. The van der Waals surface area contributed by atoms with Crippen LogP contribution in [0.15, 0.2) is 29.8 Å². The van der Waals surface area contributed by atoms with E-state index in [1.54, 1.807) is 23.6 Å². The third-order valence-corrected chi connectivity index (χ3v) is 6.80. The van der Waals surface area contributed by atoms with Gasteiger partial charge in [0.2, 0.25) is 0 Å². The Kier molecular flexibility index (Phi) is 6.44. The summed E-state index contributed by atoms with van der Waals surface area (Å²) >= 11 is 7.95. The minimum absolute atomic E-state index is 0.141. The summed E-state index contributed by atoms with van der Waals surface area (Å²) in [5.74, 6) is -0.294. The summed E-state index contributed by atoms with van der Waals surface area (Å²) in [7, 11) is 0. The number of halogens is 1. The predicted octanol–water partition coefficient (Wildman–Crippen LogP) is 6.59. The molecule has 0 spiro atoms. The number of aliphatic carboxylic acids is 1. The molecule has 1 aromatic carbocycles. The van der Waals surface area contributed by atoms with Gasteiger partial charge in [0, 0.05) is 44.5 Å². The molecule has 3 heterocycles. The number of hydrogen-bond acceptors (Lipinski definition) is 5. The first-order valence-electron chi connectivity index (χ1n) is 11.0. The van der Waals surface area contributed by atoms with Crippen molar-refractivity contribution in [3.05, 3.63) is 62.3 Å². The molecule has 8 heteroatoms. The van der Waals surface area contributed by atoms with E-state index < -0.39 is 11.6 Å². The topological polar surface area (TPSA) is 77.2 Å². The van der Waals surface area contributed by atoms with E-state index in [4.69, 9.17) is 21.3 Å². The van der Waals surface area contributed by atoms with Gasteiger partial charge < -0.3 is 14.4 Å². The average Bonchev–Trinajstić information content (AvgIpc) is 3.31. The molecular formula is C26H28ClN3O3S. The van der Waals surface area contributed by atoms with Crippen LogP contribution in [0.25, 0.3) is 22.2 Å². The van der Waals surface area contributed by atoms with Gasteiger partial charge in [0.25, 0.3) is 0 Å². The predicted molar refractivity (Wildman–Crippen MR) is 137 cm³/mol. The Morgan fingerprint density at radius 1 is 1.24 bits per heavy atom. The molecule has 0 aliphatic carbocycles. The number of thiazole rings is 1. The first-order valence-corrected chi connectivity index (χ1v) is 12.3. The van der Waals surface area contributed by atoms with Gasteiger partial charge in [0.15, 0.2) is 0 Å². The van der Waals surface area contributed by atoms with E-state index in [0.29, 0.717) is 28.6 Å². The molecule has 0 radical (unpaired) electrons. The van der Waals surface area contributed by atoms with Gasteiger partial charge in [-0.1, -0.05) is 11.6 Å². The van der Waals surface area contributed by atoms with Crippen LogP contribution in [0.5, 0.6) is 5.75 Å². The molecule has 0 bridgehead atoms. The van der Waals surface area contributed by atoms with E-state index in [-0.39, 0.29) is 6.42 Å². The van der Waals surface area contributed by atoms with Crippen LogP contribution in [-0.4, -0.2) is 31.2 Å². The van der Waals surface area contributed by atoms with Gasteiger partial charge in [-0.25, -0.2) is 9.97 Å². The molecule has 1 N–H and O–H groups in total. The molecule has 178 valence electrons. The molecule has 3 aromatic heterocycles. The SMILES string of the molecule is Cc1nc2c(c(C)c(C)n2Cc2nccs2)c(-c2ccc(Cl)cc2OC(C)(C)C)c1CC(=O)O. The number of hydrogen-bond donors (Lipinski definition) is 1. The maximum absolute atomic E-state index is 11.9. The van der Waals surface area contributed by atoms with Crippen molar-refractivity contribution in [2.45, 2.75) is 60.1 Å². The normalized spacial score (nSPS) is 11.9. The van der Waals surface area contributed by atoms with Crippen molar-refractivity contribution in [3.8, 4) is 16.9 Å². The van der Waals surface area contributed by atoms with Crippen LogP contribution in [0, 0.1) is 20.8 Å². The molecule has 0 unspecified atom stereocenters. The van der Waals surface area contributed by atoms with E-state index >= 15 is 0 Å². The highest BCUT2D eigenvalue weighted by Gasteiger charge is 2.26. The molecule has 0 aliphatic heterocycles. The van der Waals surface area contributed by atoms with Crippen molar-refractivity contribution in [1.82, 2.24) is 14.5 Å². The number of rotatable bonds is 6. The lowest BCUT2D eigenvalue weighted by atomic mass is 9.92. The second-order valence-corrected chi connectivity index (χ2v) is 10.8. The average molecular weight is 498 g/mol. The fraction of sp³-hybridized carbons (Fsp3) is 0.346. The summed E-state index contributed by atoms with van der Waals surface area (Å²) in [5, 5.41) is 14.2. The number of pyridine rings is 1. The van der Waals surface area contributed by atoms with Crippen LogP contribution in [0.1, 0.15) is 48.3 Å². The smallest absolute Gasteiger partial charge is 0.307 e. The highest BCUT2D eigenvalue weighted by Crippen LogP contribution is 2.43. The number of ether oxygens (including phenoxy) is 1. The quantitative estimate of drug-likeness (QED) is 0.325. The number of nitrogens with zero attached hydrogens (tertiary/aromatic N) is 3. The third kappa shape index (κ3) is 4.68. The molecule has 4 aromatic rings. The van der Waals surface area contributed by atoms with E-state index in [9.17, 15) is 9.90 Å². The van der Waals surface area contributed by atoms with Crippen LogP contribution in [0.3, 0.4) is 0 Å². The van der Waals surface area contributed by atoms with Crippen molar-refractivity contribution >= 4 is 39.9 Å². The second kappa shape index (κ2) is 9.04. The van der Waals surface area contributed by atoms with Crippen molar-refractivity contribution in [2.24, 2.45) is 0 Å². The van der Waals surface area contributed by atoms with Crippen molar-refractivity contribution < 1.29 is 14.6 Å². The van der Waals surface area contributed by atoms with Crippen LogP contribution in [-0.2, 0) is 17.8 Å². The fourth-order valence-corrected chi connectivity index (χ4v) is 5.03. The summed E-state index contributed by atoms with van der Waals surface area (Å²) in [5.41, 5.74) is 5.46. The van der Waals surface area contributed by atoms with Gasteiger partial charge in [-0.15, -0.1) is 11.3 Å². The molecule has 0 atom stereocenters. The van der Waals surface area contributed by atoms with Crippen LogP contribution in [0.2, 0.25) is 5.02 Å². The van der Waals surface area contributed by atoms with Crippen molar-refractivity contribution in [1.29, 1.82) is 0 Å². The Labute approximate surface area is 208 Å². The monoisotopic (exact) mass is 497 g/mol. The summed E-state index contributed by atoms with van der Waals surface area (Å²) in [6, 6.07) is 5.52. The highest BCUT2D eigenvalue weighted by molar-refractivity contribution is 7.09. The molecule has 34 heavy (non-hydrogen) atoms. The highest BCUT2D eigenvalue weighted by atomic mass is 35.5. The molecule has 0 saturated carbocycles. The molecule has 0 aliphatic rings. The minimum Gasteiger partial charge on any atom is -0.487 e. The van der Waals surface area contributed by atoms with Crippen molar-refractivity contribution in [3.63, 3.8) is 0 Å². The van der Waals surface area contributed by atoms with Crippen molar-refractivity contribution in [2.75, 3.05) is 0 Å². The van der Waals surface area contributed by atoms with E-state index in [1.807, 2.05) is 45.2 Å². The maximum atomic E-state index is 11.9. The molecule has 0 amide bonds. The van der Waals surface area contributed by atoms with Gasteiger partial charge in [0.1, 0.15) is 22.0 Å². The summed E-state index contributed by atoms with van der Waals surface area (Å²) in [4.78, 5) is 21.2. The Morgan fingerprint density at radius 3 is 2.59 bits per heavy atom. The molecule has 6 nitrogen and oxygen atoms in total. The van der Waals surface area contributed by atoms with Crippen LogP contribution in [0.4, 0.5) is 0 Å². The number of carboxylic acid groups (broad SMARTS) is 1. The van der Waals surface area contributed by atoms with Gasteiger partial charge in [-0.2, -0.15) is 0 Å². The van der Waals surface area contributed by atoms with E-state index in [0.717, 1.165) is 38.4 Å². The summed E-state index contributed by atoms with van der Waals surface area (Å²) in [6.45, 7) is 12.5. The lowest BCUT2D eigenvalue weighted by molar-refractivity contribution is -0.136. The lowest BCUT2D eigenvalue weighted by Crippen LogP contribution is -2.23. The van der Waals surface area contributed by atoms with Crippen LogP contribution < -0.4 is 4.74 Å². The van der Waals surface area contributed by atoms with Gasteiger partial charge in [-0.05, 0) is 70.9 Å². The van der Waals surface area contributed by atoms with Gasteiger partial charge in [0.05, 0.1) is 13.0 Å². The van der Waals surface area contributed by atoms with Gasteiger partial charge in [-0.3, -0.25) is 4.79 Å². The molecule has 4 rings (SSSR count). The Morgan fingerprint density at radius 2 is 1.97 bits per heavy atom. The summed E-state index contributed by atoms with van der Waals surface area (Å²) < 4.78 is 8.47. The van der Waals surface area contributed by atoms with E-state index in [2.05, 4.69) is 23.4 Å². The molecule has 0 fully saturated rings. The minimum atomic E-state index is -0.908. The first-order chi connectivity index (χ1) is 16.0. The zero-order chi connectivity index (χ0) is 24.8. The molecule has 0 saturated heterocycles. The number of carbonyl (C=O) groups is 1. The standard InChI is InChI=1S/C26H28ClN3O3S/c1-14-16(3)30(13-21-28-9-10-34-21)25-23(14)24(19(12-22(31)32)15(2)29-25)18-8-7-17(27)11-20(18)33-26(4,5)6/h7-11H,12-13H2,1-6H3,(H,31,32). The Balaban J connectivity index is 2.09. The zero-order valence-corrected chi connectivity index (χ0v) is 21.8. The number of carboxylic acids is 1. The number of aromatic nitrogens is 3. The fourth-order valence-electron chi connectivity index (χ4n) is 4.26. The number of benzene rings is 1. The number of fused-ring (bicyclic) bond motifs is 1. The third-order valence-electron chi connectivity index (χ3n) is 5.80. The zero-order valence-electron chi connectivity index (χ0n) is 20.2. The summed E-state index contributed by atoms with van der Waals surface area (Å²) in [6.07, 6.45) is 1.66. The Bertz CT molecular complexity index is 1390. The largest absolute Gasteiger partial charge is 0.487 e. The van der Waals surface area contributed by atoms with Gasteiger partial charge >= 0.3 is 5.97 Å². The van der Waals surface area contributed by atoms with E-state index in [1.165, 1.54) is 0 Å². The lowest BCUT2D eigenvalue weighted by Gasteiger charge is -2.25. The van der Waals surface area contributed by atoms with Crippen LogP contribution >= 0.6 is 22.9 Å². The molecular weight excluding hydrogens is 470 g/mol. The maximum Gasteiger partial charge on any atom is 0.307 e.